The maximum atomic E-state index is 12.4. The highest BCUT2D eigenvalue weighted by molar-refractivity contribution is 5.92. The van der Waals surface area contributed by atoms with Gasteiger partial charge in [0.15, 0.2) is 5.82 Å². The third-order valence-electron chi connectivity index (χ3n) is 6.58. The Bertz CT molecular complexity index is 928. The van der Waals surface area contributed by atoms with Crippen LogP contribution in [0.15, 0.2) is 24.3 Å². The molecule has 2 aromatic rings. The maximum absolute atomic E-state index is 12.4. The van der Waals surface area contributed by atoms with E-state index in [0.717, 1.165) is 76.0 Å². The van der Waals surface area contributed by atoms with Gasteiger partial charge in [-0.25, -0.2) is 4.68 Å². The Morgan fingerprint density at radius 1 is 1.06 bits per heavy atom. The van der Waals surface area contributed by atoms with Gasteiger partial charge in [-0.05, 0) is 94.3 Å². The number of ether oxygens (including phenoxy) is 1. The Kier molecular flexibility index (Phi) is 8.83. The van der Waals surface area contributed by atoms with Crippen LogP contribution >= 0.6 is 0 Å². The van der Waals surface area contributed by atoms with Gasteiger partial charge in [-0.15, -0.1) is 5.10 Å². The first-order valence-corrected chi connectivity index (χ1v) is 12.8. The monoisotopic (exact) mass is 484 g/mol. The van der Waals surface area contributed by atoms with Gasteiger partial charge < -0.3 is 15.4 Å². The molecule has 0 spiro atoms. The quantitative estimate of drug-likeness (QED) is 0.493. The molecule has 2 fully saturated rings. The van der Waals surface area contributed by atoms with Crippen LogP contribution in [0.3, 0.4) is 0 Å². The number of tetrazole rings is 1. The van der Waals surface area contributed by atoms with Crippen molar-refractivity contribution < 1.29 is 9.53 Å². The van der Waals surface area contributed by atoms with Crippen LogP contribution in [0.1, 0.15) is 57.5 Å². The molecule has 192 valence electrons. The second-order valence-electron chi connectivity index (χ2n) is 10.5. The van der Waals surface area contributed by atoms with Crippen molar-refractivity contribution in [3.8, 4) is 0 Å². The van der Waals surface area contributed by atoms with Gasteiger partial charge in [-0.2, -0.15) is 0 Å². The molecule has 35 heavy (non-hydrogen) atoms. The number of nitrogens with one attached hydrogen (secondary N) is 2. The number of carbonyl (C=O) groups is 1. The van der Waals surface area contributed by atoms with E-state index in [4.69, 9.17) is 4.74 Å². The van der Waals surface area contributed by atoms with Crippen molar-refractivity contribution in [3.05, 3.63) is 35.7 Å². The predicted molar refractivity (Wildman–Crippen MR) is 135 cm³/mol. The molecule has 0 radical (unpaired) electrons. The topological polar surface area (TPSA) is 100 Å². The Morgan fingerprint density at radius 2 is 1.77 bits per heavy atom. The van der Waals surface area contributed by atoms with E-state index in [1.807, 2.05) is 28.9 Å². The Hall–Kier alpha value is -2.40. The van der Waals surface area contributed by atoms with E-state index >= 15 is 0 Å². The summed E-state index contributed by atoms with van der Waals surface area (Å²) in [4.78, 5) is 17.1. The lowest BCUT2D eigenvalue weighted by molar-refractivity contribution is -0.117. The van der Waals surface area contributed by atoms with Crippen molar-refractivity contribution in [2.45, 2.75) is 51.6 Å². The summed E-state index contributed by atoms with van der Waals surface area (Å²) in [6.45, 7) is 14.3. The average Bonchev–Trinajstić information content (AvgIpc) is 3.53. The van der Waals surface area contributed by atoms with Crippen LogP contribution in [-0.2, 0) is 15.1 Å². The number of likely N-dealkylation sites (tertiary alicyclic amines) is 1. The highest BCUT2D eigenvalue weighted by Crippen LogP contribution is 2.25. The summed E-state index contributed by atoms with van der Waals surface area (Å²) < 4.78 is 7.34. The predicted octanol–water partition coefficient (Wildman–Crippen LogP) is 1.86. The van der Waals surface area contributed by atoms with Crippen molar-refractivity contribution in [3.63, 3.8) is 0 Å². The molecule has 0 saturated carbocycles. The van der Waals surface area contributed by atoms with E-state index in [1.165, 1.54) is 12.8 Å². The van der Waals surface area contributed by atoms with Crippen molar-refractivity contribution in [1.29, 1.82) is 0 Å². The van der Waals surface area contributed by atoms with E-state index in [1.54, 1.807) is 0 Å². The molecule has 1 atom stereocenters. The maximum Gasteiger partial charge on any atom is 0.238 e. The van der Waals surface area contributed by atoms with Gasteiger partial charge in [0.1, 0.15) is 0 Å². The normalized spacial score (nSPS) is 18.6. The van der Waals surface area contributed by atoms with Crippen LogP contribution in [-0.4, -0.2) is 94.9 Å². The highest BCUT2D eigenvalue weighted by atomic mass is 16.5. The number of hydrogen-bond donors (Lipinski definition) is 2. The fourth-order valence-corrected chi connectivity index (χ4v) is 4.69. The molecule has 3 heterocycles. The number of benzene rings is 1. The number of nitrogens with zero attached hydrogens (tertiary/aromatic N) is 6. The van der Waals surface area contributed by atoms with E-state index < -0.39 is 0 Å². The molecule has 1 unspecified atom stereocenters. The molecular formula is C25H40N8O2. The summed E-state index contributed by atoms with van der Waals surface area (Å²) >= 11 is 0. The van der Waals surface area contributed by atoms with Crippen molar-refractivity contribution in [2.75, 3.05) is 64.3 Å². The zero-order valence-corrected chi connectivity index (χ0v) is 21.4. The Morgan fingerprint density at radius 3 is 2.46 bits per heavy atom. The zero-order valence-electron chi connectivity index (χ0n) is 21.4. The number of carbonyl (C=O) groups excluding carboxylic acids is 1. The van der Waals surface area contributed by atoms with Crippen LogP contribution in [0, 0.1) is 0 Å². The smallest absolute Gasteiger partial charge is 0.238 e. The summed E-state index contributed by atoms with van der Waals surface area (Å²) in [6.07, 6.45) is 3.38. The first kappa shape index (κ1) is 25.7. The lowest BCUT2D eigenvalue weighted by atomic mass is 10.0. The minimum Gasteiger partial charge on any atom is -0.379 e. The first-order valence-electron chi connectivity index (χ1n) is 12.8. The summed E-state index contributed by atoms with van der Waals surface area (Å²) in [5.41, 5.74) is 1.63. The lowest BCUT2D eigenvalue weighted by Gasteiger charge is -2.27. The second kappa shape index (κ2) is 12.0. The molecular weight excluding hydrogens is 444 g/mol. The zero-order chi connectivity index (χ0) is 24.7. The van der Waals surface area contributed by atoms with Crippen LogP contribution in [0.2, 0.25) is 0 Å². The first-order chi connectivity index (χ1) is 16.9. The third kappa shape index (κ3) is 7.30. The molecule has 2 N–H and O–H groups in total. The van der Waals surface area contributed by atoms with Gasteiger partial charge >= 0.3 is 0 Å². The van der Waals surface area contributed by atoms with Gasteiger partial charge in [-0.1, -0.05) is 12.1 Å². The van der Waals surface area contributed by atoms with Crippen LogP contribution < -0.4 is 10.6 Å². The third-order valence-corrected chi connectivity index (χ3v) is 6.58. The molecule has 1 aromatic carbocycles. The van der Waals surface area contributed by atoms with Crippen LogP contribution in [0.4, 0.5) is 5.69 Å². The number of amides is 1. The summed E-state index contributed by atoms with van der Waals surface area (Å²) in [6, 6.07) is 7.87. The molecule has 4 rings (SSSR count). The van der Waals surface area contributed by atoms with Crippen molar-refractivity contribution in [2.24, 2.45) is 0 Å². The minimum atomic E-state index is -0.240. The molecule has 1 amide bonds. The van der Waals surface area contributed by atoms with Gasteiger partial charge in [0.2, 0.25) is 5.91 Å². The van der Waals surface area contributed by atoms with E-state index in [0.29, 0.717) is 6.54 Å². The van der Waals surface area contributed by atoms with Crippen LogP contribution in [0.5, 0.6) is 0 Å². The van der Waals surface area contributed by atoms with Crippen molar-refractivity contribution >= 4 is 11.6 Å². The molecule has 10 heteroatoms. The SMILES string of the molecule is CC(C)(C)n1nnnc1C(NCCCN1CCOCC1)c1ccc(NC(=O)CN2CCCC2)cc1. The highest BCUT2D eigenvalue weighted by Gasteiger charge is 2.27. The summed E-state index contributed by atoms with van der Waals surface area (Å²) in [5, 5.41) is 19.4. The fourth-order valence-electron chi connectivity index (χ4n) is 4.69. The van der Waals surface area contributed by atoms with Gasteiger partial charge in [0, 0.05) is 18.8 Å². The van der Waals surface area contributed by atoms with E-state index in [2.05, 4.69) is 56.7 Å². The Balaban J connectivity index is 1.42. The van der Waals surface area contributed by atoms with E-state index in [9.17, 15) is 4.79 Å². The number of anilines is 1. The molecule has 0 bridgehead atoms. The van der Waals surface area contributed by atoms with E-state index in [-0.39, 0.29) is 17.5 Å². The molecule has 2 aliphatic rings. The minimum absolute atomic E-state index is 0.0362. The fraction of sp³-hybridized carbons (Fsp3) is 0.680. The molecule has 2 aliphatic heterocycles. The van der Waals surface area contributed by atoms with Gasteiger partial charge in [-0.3, -0.25) is 14.6 Å². The molecule has 10 nitrogen and oxygen atoms in total. The number of aromatic nitrogens is 4. The van der Waals surface area contributed by atoms with Gasteiger partial charge in [0.25, 0.3) is 0 Å². The summed E-state index contributed by atoms with van der Waals surface area (Å²) in [7, 11) is 0. The van der Waals surface area contributed by atoms with Crippen molar-refractivity contribution in [1.82, 2.24) is 35.3 Å². The largest absolute Gasteiger partial charge is 0.379 e. The molecule has 1 aromatic heterocycles. The number of hydrogen-bond acceptors (Lipinski definition) is 8. The Labute approximate surface area is 208 Å². The molecule has 2 saturated heterocycles. The summed E-state index contributed by atoms with van der Waals surface area (Å²) in [5.74, 6) is 0.823. The molecule has 0 aliphatic carbocycles. The second-order valence-corrected chi connectivity index (χ2v) is 10.5. The van der Waals surface area contributed by atoms with Gasteiger partial charge in [0.05, 0.1) is 31.3 Å². The standard InChI is InChI=1S/C25H40N8O2/c1-25(2,3)33-24(28-29-30-33)23(26-11-6-14-31-15-17-35-18-16-31)20-7-9-21(10-8-20)27-22(34)19-32-12-4-5-13-32/h7-10,23,26H,4-6,11-19H2,1-3H3,(H,27,34). The average molecular weight is 485 g/mol. The number of morpholine rings is 1. The number of rotatable bonds is 10. The lowest BCUT2D eigenvalue weighted by Crippen LogP contribution is -2.38. The van der Waals surface area contributed by atoms with Crippen LogP contribution in [0.25, 0.3) is 0 Å².